The van der Waals surface area contributed by atoms with Gasteiger partial charge in [-0.15, -0.1) is 0 Å². The number of halogens is 3. The van der Waals surface area contributed by atoms with E-state index in [4.69, 9.17) is 4.74 Å². The molecule has 0 fully saturated rings. The van der Waals surface area contributed by atoms with Crippen LogP contribution in [-0.2, 0) is 6.42 Å². The predicted octanol–water partition coefficient (Wildman–Crippen LogP) is 5.68. The van der Waals surface area contributed by atoms with E-state index < -0.39 is 24.2 Å². The number of aliphatic hydroxyl groups is 1. The van der Waals surface area contributed by atoms with E-state index in [0.717, 1.165) is 11.3 Å². The quantitative estimate of drug-likeness (QED) is 0.473. The molecule has 3 aromatic rings. The Morgan fingerprint density at radius 1 is 1.19 bits per heavy atom. The molecule has 0 saturated heterocycles. The van der Waals surface area contributed by atoms with Crippen molar-refractivity contribution in [2.45, 2.75) is 37.6 Å². The molecule has 1 aliphatic rings. The highest BCUT2D eigenvalue weighted by Gasteiger charge is 2.58. The van der Waals surface area contributed by atoms with Crippen LogP contribution in [0.5, 0.6) is 5.75 Å². The Hall–Kier alpha value is -2.45. The molecule has 0 spiro atoms. The van der Waals surface area contributed by atoms with E-state index in [-0.39, 0.29) is 5.75 Å². The number of anilines is 1. The van der Waals surface area contributed by atoms with Crippen molar-refractivity contribution in [3.63, 3.8) is 0 Å². The maximum absolute atomic E-state index is 14.4. The van der Waals surface area contributed by atoms with Gasteiger partial charge in [0.15, 0.2) is 5.60 Å². The van der Waals surface area contributed by atoms with Crippen LogP contribution in [0.1, 0.15) is 29.3 Å². The summed E-state index contributed by atoms with van der Waals surface area (Å²) in [6.07, 6.45) is -2.92. The molecule has 0 bridgehead atoms. The van der Waals surface area contributed by atoms with Crippen LogP contribution in [0.15, 0.2) is 48.5 Å². The van der Waals surface area contributed by atoms with Crippen molar-refractivity contribution in [1.82, 2.24) is 4.98 Å². The average Bonchev–Trinajstić information content (AvgIpc) is 3.22. The summed E-state index contributed by atoms with van der Waals surface area (Å²) in [7, 11) is 0. The summed E-state index contributed by atoms with van der Waals surface area (Å²) in [5.41, 5.74) is 0.228. The minimum Gasteiger partial charge on any atom is -0.493 e. The lowest BCUT2D eigenvalue weighted by atomic mass is 9.84. The van der Waals surface area contributed by atoms with Gasteiger partial charge in [0.2, 0.25) is 0 Å². The minimum absolute atomic E-state index is 0.165. The standard InChI is InChI=1S/C24H25F3N2O2S/c1-15-6-8-18-19(28-15)4-3-5-20(18)29-22(23(30,11-13-32-2)24(25,26)27)17-7-9-21-16(14-17)10-12-31-21/h3-9,14,22,29-30H,10-13H2,1-2H3. The Bertz CT molecular complexity index is 1120. The molecular weight excluding hydrogens is 437 g/mol. The lowest BCUT2D eigenvalue weighted by Gasteiger charge is -2.39. The Balaban J connectivity index is 1.84. The van der Waals surface area contributed by atoms with Gasteiger partial charge < -0.3 is 15.2 Å². The molecule has 0 radical (unpaired) electrons. The smallest absolute Gasteiger partial charge is 0.419 e. The second-order valence-corrected chi connectivity index (χ2v) is 9.02. The van der Waals surface area contributed by atoms with Gasteiger partial charge >= 0.3 is 6.18 Å². The maximum atomic E-state index is 14.4. The number of fused-ring (bicyclic) bond motifs is 2. The highest BCUT2D eigenvalue weighted by Crippen LogP contribution is 2.46. The van der Waals surface area contributed by atoms with Crippen molar-refractivity contribution in [3.05, 3.63) is 65.4 Å². The lowest BCUT2D eigenvalue weighted by Crippen LogP contribution is -2.53. The first-order valence-electron chi connectivity index (χ1n) is 10.4. The van der Waals surface area contributed by atoms with Gasteiger partial charge in [-0.3, -0.25) is 4.98 Å². The number of nitrogens with one attached hydrogen (secondary N) is 1. The van der Waals surface area contributed by atoms with Gasteiger partial charge in [-0.25, -0.2) is 0 Å². The summed E-state index contributed by atoms with van der Waals surface area (Å²) < 4.78 is 48.6. The molecule has 4 nitrogen and oxygen atoms in total. The number of ether oxygens (including phenoxy) is 1. The normalized spacial score (nSPS) is 16.3. The van der Waals surface area contributed by atoms with E-state index in [2.05, 4.69) is 10.3 Å². The van der Waals surface area contributed by atoms with Crippen LogP contribution in [0.2, 0.25) is 0 Å². The zero-order valence-electron chi connectivity index (χ0n) is 17.9. The number of hydrogen-bond acceptors (Lipinski definition) is 5. The third kappa shape index (κ3) is 4.26. The summed E-state index contributed by atoms with van der Waals surface area (Å²) in [5.74, 6) is 0.843. The molecule has 1 aromatic heterocycles. The van der Waals surface area contributed by atoms with Gasteiger partial charge in [0.05, 0.1) is 18.2 Å². The average molecular weight is 463 g/mol. The Morgan fingerprint density at radius 2 is 2.00 bits per heavy atom. The molecular formula is C24H25F3N2O2S. The zero-order chi connectivity index (χ0) is 22.9. The van der Waals surface area contributed by atoms with Crippen LogP contribution < -0.4 is 10.1 Å². The van der Waals surface area contributed by atoms with Crippen LogP contribution in [0.25, 0.3) is 10.9 Å². The van der Waals surface area contributed by atoms with E-state index in [0.29, 0.717) is 40.9 Å². The highest BCUT2D eigenvalue weighted by atomic mass is 32.2. The molecule has 2 heterocycles. The molecule has 0 aliphatic carbocycles. The van der Waals surface area contributed by atoms with Gasteiger partial charge in [0.25, 0.3) is 0 Å². The van der Waals surface area contributed by atoms with Crippen molar-refractivity contribution in [1.29, 1.82) is 0 Å². The van der Waals surface area contributed by atoms with Crippen LogP contribution in [0, 0.1) is 6.92 Å². The van der Waals surface area contributed by atoms with Crippen molar-refractivity contribution in [2.75, 3.05) is 23.9 Å². The van der Waals surface area contributed by atoms with Gasteiger partial charge in [0, 0.05) is 23.2 Å². The van der Waals surface area contributed by atoms with Crippen molar-refractivity contribution in [2.24, 2.45) is 0 Å². The number of nitrogens with zero attached hydrogens (tertiary/aromatic N) is 1. The number of aryl methyl sites for hydroxylation is 1. The predicted molar refractivity (Wildman–Crippen MR) is 122 cm³/mol. The lowest BCUT2D eigenvalue weighted by molar-refractivity contribution is -0.267. The number of thioether (sulfide) groups is 1. The summed E-state index contributed by atoms with van der Waals surface area (Å²) in [6.45, 7) is 2.36. The summed E-state index contributed by atoms with van der Waals surface area (Å²) >= 11 is 1.27. The first-order chi connectivity index (χ1) is 15.2. The number of pyridine rings is 1. The fourth-order valence-electron chi connectivity index (χ4n) is 4.11. The fraction of sp³-hybridized carbons (Fsp3) is 0.375. The summed E-state index contributed by atoms with van der Waals surface area (Å²) in [4.78, 5) is 4.48. The molecule has 2 atom stereocenters. The minimum atomic E-state index is -4.84. The number of aromatic nitrogens is 1. The van der Waals surface area contributed by atoms with Crippen LogP contribution in [0.3, 0.4) is 0 Å². The molecule has 4 rings (SSSR count). The molecule has 2 unspecified atom stereocenters. The first kappa shape index (κ1) is 22.7. The SMILES string of the molecule is CSCCC(O)(C(Nc1cccc2nc(C)ccc12)c1ccc2c(c1)CCO2)C(F)(F)F. The second kappa shape index (κ2) is 8.83. The van der Waals surface area contributed by atoms with E-state index in [9.17, 15) is 18.3 Å². The monoisotopic (exact) mass is 462 g/mol. The Morgan fingerprint density at radius 3 is 2.75 bits per heavy atom. The summed E-state index contributed by atoms with van der Waals surface area (Å²) in [6, 6.07) is 12.5. The zero-order valence-corrected chi connectivity index (χ0v) is 18.7. The highest BCUT2D eigenvalue weighted by molar-refractivity contribution is 7.98. The first-order valence-corrected chi connectivity index (χ1v) is 11.8. The molecule has 2 N–H and O–H groups in total. The number of hydrogen-bond donors (Lipinski definition) is 2. The molecule has 0 saturated carbocycles. The molecule has 8 heteroatoms. The van der Waals surface area contributed by atoms with Crippen LogP contribution in [0.4, 0.5) is 18.9 Å². The third-order valence-corrected chi connectivity index (χ3v) is 6.49. The van der Waals surface area contributed by atoms with E-state index in [1.54, 1.807) is 36.6 Å². The molecule has 170 valence electrons. The maximum Gasteiger partial charge on any atom is 0.419 e. The second-order valence-electron chi connectivity index (χ2n) is 8.03. The third-order valence-electron chi connectivity index (χ3n) is 5.87. The number of benzene rings is 2. The van der Waals surface area contributed by atoms with Gasteiger partial charge in [-0.1, -0.05) is 12.1 Å². The van der Waals surface area contributed by atoms with Gasteiger partial charge in [0.1, 0.15) is 5.75 Å². The fourth-order valence-corrected chi connectivity index (χ4v) is 4.63. The molecule has 1 aliphatic heterocycles. The van der Waals surface area contributed by atoms with Crippen molar-refractivity contribution in [3.8, 4) is 5.75 Å². The summed E-state index contributed by atoms with van der Waals surface area (Å²) in [5, 5.41) is 14.9. The number of rotatable bonds is 7. The molecule has 32 heavy (non-hydrogen) atoms. The topological polar surface area (TPSA) is 54.4 Å². The molecule has 2 aromatic carbocycles. The van der Waals surface area contributed by atoms with Crippen LogP contribution in [-0.4, -0.2) is 40.5 Å². The Labute approximate surface area is 189 Å². The van der Waals surface area contributed by atoms with E-state index in [1.165, 1.54) is 11.8 Å². The van der Waals surface area contributed by atoms with Gasteiger partial charge in [-0.05, 0) is 72.9 Å². The Kier molecular flexibility index (Phi) is 6.27. The van der Waals surface area contributed by atoms with Crippen LogP contribution >= 0.6 is 11.8 Å². The molecule has 0 amide bonds. The largest absolute Gasteiger partial charge is 0.493 e. The van der Waals surface area contributed by atoms with Crippen molar-refractivity contribution >= 4 is 28.4 Å². The number of alkyl halides is 3. The van der Waals surface area contributed by atoms with E-state index in [1.807, 2.05) is 25.1 Å². The van der Waals surface area contributed by atoms with E-state index >= 15 is 0 Å². The van der Waals surface area contributed by atoms with Gasteiger partial charge in [-0.2, -0.15) is 24.9 Å². The van der Waals surface area contributed by atoms with Crippen molar-refractivity contribution < 1.29 is 23.0 Å².